The monoisotopic (exact) mass is 602 g/mol. The summed E-state index contributed by atoms with van der Waals surface area (Å²) in [5.74, 6) is 0.264. The number of halogens is 2. The third-order valence-corrected chi connectivity index (χ3v) is 10.1. The van der Waals surface area contributed by atoms with Crippen molar-refractivity contribution in [3.8, 4) is 33.4 Å². The lowest BCUT2D eigenvalue weighted by Gasteiger charge is -2.22. The minimum Gasteiger partial charge on any atom is -0.109 e. The minimum atomic E-state index is 0.253. The summed E-state index contributed by atoms with van der Waals surface area (Å²) >= 11 is 12.2. The van der Waals surface area contributed by atoms with Gasteiger partial charge in [-0.15, -0.1) is 11.8 Å². The predicted octanol–water partition coefficient (Wildman–Crippen LogP) is 11.5. The maximum absolute atomic E-state index is 6.14. The molecule has 7 rings (SSSR count). The number of benzene rings is 6. The van der Waals surface area contributed by atoms with Crippen LogP contribution in [0.25, 0.3) is 44.2 Å². The predicted molar refractivity (Wildman–Crippen MR) is 172 cm³/mol. The Morgan fingerprint density at radius 2 is 1.03 bits per heavy atom. The molecular formula is C36H24BrClS. The van der Waals surface area contributed by atoms with Crippen molar-refractivity contribution in [3.05, 3.63) is 150 Å². The van der Waals surface area contributed by atoms with Gasteiger partial charge in [0.1, 0.15) is 0 Å². The first-order valence-electron chi connectivity index (χ1n) is 13.0. The number of fused-ring (bicyclic) bond motifs is 3. The second-order valence-electron chi connectivity index (χ2n) is 9.85. The molecule has 39 heavy (non-hydrogen) atoms. The zero-order chi connectivity index (χ0) is 26.3. The standard InChI is InChI=1S/C36H24BrClS/c37-36-33(26-11-5-2-6-12-26)34-30-14-8-7-13-29(30)31(32(35(34)39-36)25-9-3-1-4-10-25)27-17-15-23(16-18-27)24-19-21-28(38)22-20-24/h1-22,33,36H. The summed E-state index contributed by atoms with van der Waals surface area (Å²) in [6.45, 7) is 0. The van der Waals surface area contributed by atoms with E-state index in [-0.39, 0.29) is 10.1 Å². The molecule has 2 atom stereocenters. The molecule has 0 saturated carbocycles. The molecule has 1 aliphatic heterocycles. The Morgan fingerprint density at radius 1 is 0.513 bits per heavy atom. The van der Waals surface area contributed by atoms with Crippen molar-refractivity contribution in [1.82, 2.24) is 0 Å². The maximum Gasteiger partial charge on any atom is 0.0757 e. The molecular weight excluding hydrogens is 580 g/mol. The smallest absolute Gasteiger partial charge is 0.0757 e. The average Bonchev–Trinajstić information content (AvgIpc) is 3.34. The lowest BCUT2D eigenvalue weighted by atomic mass is 9.82. The quantitative estimate of drug-likeness (QED) is 0.181. The summed E-state index contributed by atoms with van der Waals surface area (Å²) in [6, 6.07) is 47.8. The highest BCUT2D eigenvalue weighted by Crippen LogP contribution is 2.59. The Kier molecular flexibility index (Phi) is 6.56. The van der Waals surface area contributed by atoms with Gasteiger partial charge in [-0.1, -0.05) is 149 Å². The first kappa shape index (κ1) is 24.7. The number of alkyl halides is 1. The molecule has 0 bridgehead atoms. The number of hydrogen-bond donors (Lipinski definition) is 0. The Morgan fingerprint density at radius 3 is 1.69 bits per heavy atom. The normalized spacial score (nSPS) is 16.4. The molecule has 0 N–H and O–H groups in total. The summed E-state index contributed by atoms with van der Waals surface area (Å²) in [7, 11) is 0. The van der Waals surface area contributed by atoms with Gasteiger partial charge in [0.05, 0.1) is 4.16 Å². The van der Waals surface area contributed by atoms with E-state index in [0.29, 0.717) is 0 Å². The van der Waals surface area contributed by atoms with Gasteiger partial charge in [-0.25, -0.2) is 0 Å². The first-order valence-corrected chi connectivity index (χ1v) is 15.2. The van der Waals surface area contributed by atoms with Crippen LogP contribution in [0.5, 0.6) is 0 Å². The van der Waals surface area contributed by atoms with Crippen molar-refractivity contribution < 1.29 is 0 Å². The Bertz CT molecular complexity index is 1780. The third-order valence-electron chi connectivity index (χ3n) is 7.58. The van der Waals surface area contributed by atoms with E-state index in [9.17, 15) is 0 Å². The number of rotatable bonds is 4. The molecule has 0 fully saturated rings. The molecule has 0 aromatic heterocycles. The molecule has 0 saturated heterocycles. The summed E-state index contributed by atoms with van der Waals surface area (Å²) in [4.78, 5) is 1.37. The molecule has 6 aromatic rings. The van der Waals surface area contributed by atoms with Crippen LogP contribution in [0.15, 0.2) is 138 Å². The highest BCUT2D eigenvalue weighted by molar-refractivity contribution is 9.11. The molecule has 2 unspecified atom stereocenters. The Balaban J connectivity index is 1.50. The van der Waals surface area contributed by atoms with Gasteiger partial charge >= 0.3 is 0 Å². The van der Waals surface area contributed by atoms with Crippen molar-refractivity contribution in [2.75, 3.05) is 0 Å². The lowest BCUT2D eigenvalue weighted by Crippen LogP contribution is -2.06. The van der Waals surface area contributed by atoms with E-state index in [2.05, 4.69) is 137 Å². The van der Waals surface area contributed by atoms with Gasteiger partial charge in [0.15, 0.2) is 0 Å². The summed E-state index contributed by atoms with van der Waals surface area (Å²) in [6.07, 6.45) is 0. The zero-order valence-electron chi connectivity index (χ0n) is 21.0. The fourth-order valence-corrected chi connectivity index (χ4v) is 8.43. The van der Waals surface area contributed by atoms with Gasteiger partial charge in [0.25, 0.3) is 0 Å². The fourth-order valence-electron chi connectivity index (χ4n) is 5.81. The van der Waals surface area contributed by atoms with E-state index in [1.807, 2.05) is 23.9 Å². The number of thioether (sulfide) groups is 1. The summed E-state index contributed by atoms with van der Waals surface area (Å²) < 4.78 is 0.253. The largest absolute Gasteiger partial charge is 0.109 e. The van der Waals surface area contributed by atoms with Crippen molar-refractivity contribution in [2.45, 2.75) is 15.0 Å². The van der Waals surface area contributed by atoms with Crippen LogP contribution in [-0.2, 0) is 0 Å². The van der Waals surface area contributed by atoms with Crippen LogP contribution in [0.1, 0.15) is 17.0 Å². The van der Waals surface area contributed by atoms with Crippen LogP contribution < -0.4 is 0 Å². The van der Waals surface area contributed by atoms with E-state index in [1.54, 1.807) is 0 Å². The van der Waals surface area contributed by atoms with Gasteiger partial charge in [-0.05, 0) is 61.8 Å². The van der Waals surface area contributed by atoms with Crippen molar-refractivity contribution in [3.63, 3.8) is 0 Å². The van der Waals surface area contributed by atoms with Crippen LogP contribution in [0.2, 0.25) is 5.02 Å². The molecule has 1 aliphatic rings. The molecule has 6 aromatic carbocycles. The van der Waals surface area contributed by atoms with Gasteiger partial charge < -0.3 is 0 Å². The van der Waals surface area contributed by atoms with Crippen LogP contribution >= 0.6 is 39.3 Å². The molecule has 3 heteroatoms. The molecule has 0 aliphatic carbocycles. The lowest BCUT2D eigenvalue weighted by molar-refractivity contribution is 0.926. The fraction of sp³-hybridized carbons (Fsp3) is 0.0556. The van der Waals surface area contributed by atoms with Crippen LogP contribution in [-0.4, -0.2) is 4.16 Å². The van der Waals surface area contributed by atoms with Crippen molar-refractivity contribution >= 4 is 50.1 Å². The molecule has 1 heterocycles. The molecule has 0 nitrogen and oxygen atoms in total. The van der Waals surface area contributed by atoms with E-state index in [1.165, 1.54) is 54.6 Å². The highest BCUT2D eigenvalue weighted by Gasteiger charge is 2.37. The molecule has 0 amide bonds. The van der Waals surface area contributed by atoms with Crippen LogP contribution in [0.3, 0.4) is 0 Å². The van der Waals surface area contributed by atoms with Crippen LogP contribution in [0.4, 0.5) is 0 Å². The first-order chi connectivity index (χ1) is 19.2. The van der Waals surface area contributed by atoms with Gasteiger partial charge in [0, 0.05) is 21.4 Å². The summed E-state index contributed by atoms with van der Waals surface area (Å²) in [5.41, 5.74) is 10.2. The molecule has 0 radical (unpaired) electrons. The van der Waals surface area contributed by atoms with Crippen molar-refractivity contribution in [2.24, 2.45) is 0 Å². The molecule has 188 valence electrons. The maximum atomic E-state index is 6.14. The van der Waals surface area contributed by atoms with Gasteiger partial charge in [-0.2, -0.15) is 0 Å². The second kappa shape index (κ2) is 10.4. The van der Waals surface area contributed by atoms with E-state index < -0.39 is 0 Å². The van der Waals surface area contributed by atoms with Gasteiger partial charge in [0.2, 0.25) is 0 Å². The van der Waals surface area contributed by atoms with Crippen molar-refractivity contribution in [1.29, 1.82) is 0 Å². The Hall–Kier alpha value is -3.30. The van der Waals surface area contributed by atoms with Gasteiger partial charge in [-0.3, -0.25) is 0 Å². The van der Waals surface area contributed by atoms with Crippen LogP contribution in [0, 0.1) is 0 Å². The SMILES string of the molecule is Clc1ccc(-c2ccc(-c3c(-c4ccccc4)c4c(c5ccccc35)C(c3ccccc3)C(Br)S4)cc2)cc1. The van der Waals surface area contributed by atoms with E-state index in [4.69, 9.17) is 11.6 Å². The second-order valence-corrected chi connectivity index (χ2v) is 13.0. The summed E-state index contributed by atoms with van der Waals surface area (Å²) in [5, 5.41) is 3.37. The third kappa shape index (κ3) is 4.41. The molecule has 0 spiro atoms. The minimum absolute atomic E-state index is 0.253. The zero-order valence-corrected chi connectivity index (χ0v) is 24.2. The Labute approximate surface area is 246 Å². The highest BCUT2D eigenvalue weighted by atomic mass is 79.9. The van der Waals surface area contributed by atoms with E-state index >= 15 is 0 Å². The topological polar surface area (TPSA) is 0 Å². The number of hydrogen-bond acceptors (Lipinski definition) is 1. The average molecular weight is 604 g/mol. The van der Waals surface area contributed by atoms with E-state index in [0.717, 1.165) is 10.6 Å².